The number of hydrogen-bond donors (Lipinski definition) is 0. The van der Waals surface area contributed by atoms with E-state index in [0.717, 1.165) is 33.4 Å². The van der Waals surface area contributed by atoms with Crippen LogP contribution in [0, 0.1) is 0 Å². The van der Waals surface area contributed by atoms with Crippen LogP contribution in [0.5, 0.6) is 0 Å². The molecule has 384 valence electrons. The van der Waals surface area contributed by atoms with Crippen LogP contribution in [0.2, 0.25) is 0 Å². The molecule has 17 aromatic rings. The van der Waals surface area contributed by atoms with E-state index in [1.807, 2.05) is 0 Å². The van der Waals surface area contributed by atoms with E-state index in [0.29, 0.717) is 0 Å². The maximum atomic E-state index is 2.67. The second kappa shape index (κ2) is 16.8. The van der Waals surface area contributed by atoms with Gasteiger partial charge in [0.15, 0.2) is 0 Å². The molecule has 0 fully saturated rings. The Balaban J connectivity index is 1.05. The Morgan fingerprint density at radius 3 is 0.988 bits per heavy atom. The van der Waals surface area contributed by atoms with Crippen LogP contribution in [0.4, 0.5) is 0 Å². The number of rotatable bonds is 6. The molecule has 6 heterocycles. The molecular formula is C79H48N4. The lowest BCUT2D eigenvalue weighted by Crippen LogP contribution is -2.24. The summed E-state index contributed by atoms with van der Waals surface area (Å²) in [6, 6.07) is 107. The summed E-state index contributed by atoms with van der Waals surface area (Å²) in [6.45, 7) is 0. The largest absolute Gasteiger partial charge is 0.308 e. The summed E-state index contributed by atoms with van der Waals surface area (Å²) >= 11 is 0. The standard InChI is InChI=1S/C79H48N4/c1-5-19-48(20-6-1)52-35-39-68-62(43-52)63-44-53(49-21-7-2-8-22-49)36-40-69(63)80(68)73-47-72-75-74(60-31-17-29-58-56-27-13-15-33-66(56)82(72)76(58)60)61-32-18-30-59-57-28-14-16-34-67(57)83(77(59)61)79(75)78(73)81-70-41-37-54(50-23-9-3-10-24-50)45-64(70)65-46-55(38-42-71(65)81)51-25-11-4-12-26-51/h1-47,74H. The molecule has 1 unspecified atom stereocenters. The van der Waals surface area contributed by atoms with Gasteiger partial charge < -0.3 is 18.3 Å². The molecule has 2 aliphatic heterocycles. The van der Waals surface area contributed by atoms with Crippen molar-refractivity contribution in [3.05, 3.63) is 302 Å². The highest BCUT2D eigenvalue weighted by Gasteiger charge is 2.41. The third kappa shape index (κ3) is 6.13. The molecular weight excluding hydrogens is 1000 g/mol. The van der Waals surface area contributed by atoms with Gasteiger partial charge in [-0.05, 0) is 122 Å². The van der Waals surface area contributed by atoms with Crippen molar-refractivity contribution in [2.45, 2.75) is 5.92 Å². The van der Waals surface area contributed by atoms with Crippen LogP contribution in [0.3, 0.4) is 0 Å². The summed E-state index contributed by atoms with van der Waals surface area (Å²) in [7, 11) is 0. The lowest BCUT2D eigenvalue weighted by atomic mass is 9.77. The second-order valence-electron chi connectivity index (χ2n) is 22.7. The molecule has 2 aliphatic rings. The molecule has 0 spiro atoms. The maximum Gasteiger partial charge on any atom is 0.0951 e. The Hall–Kier alpha value is -10.9. The van der Waals surface area contributed by atoms with Crippen molar-refractivity contribution in [1.82, 2.24) is 18.3 Å². The predicted molar refractivity (Wildman–Crippen MR) is 346 cm³/mol. The van der Waals surface area contributed by atoms with Crippen molar-refractivity contribution in [3.63, 3.8) is 0 Å². The van der Waals surface area contributed by atoms with Gasteiger partial charge in [0, 0.05) is 54.6 Å². The third-order valence-electron chi connectivity index (χ3n) is 18.5. The summed E-state index contributed by atoms with van der Waals surface area (Å²) in [5.41, 5.74) is 27.6. The molecule has 0 radical (unpaired) electrons. The zero-order valence-corrected chi connectivity index (χ0v) is 45.0. The predicted octanol–water partition coefficient (Wildman–Crippen LogP) is 20.6. The minimum absolute atomic E-state index is 0.0729. The van der Waals surface area contributed by atoms with Crippen LogP contribution in [-0.4, -0.2) is 18.3 Å². The number of para-hydroxylation sites is 4. The van der Waals surface area contributed by atoms with Crippen LogP contribution >= 0.6 is 0 Å². The van der Waals surface area contributed by atoms with E-state index in [-0.39, 0.29) is 5.92 Å². The minimum atomic E-state index is -0.0729. The molecule has 4 nitrogen and oxygen atoms in total. The lowest BCUT2D eigenvalue weighted by molar-refractivity contribution is 0.872. The number of benzene rings is 13. The number of hydrogen-bond acceptors (Lipinski definition) is 0. The van der Waals surface area contributed by atoms with Gasteiger partial charge in [-0.2, -0.15) is 0 Å². The van der Waals surface area contributed by atoms with Crippen LogP contribution in [0.25, 0.3) is 154 Å². The van der Waals surface area contributed by atoms with Gasteiger partial charge in [-0.1, -0.05) is 218 Å². The average molecular weight is 1050 g/mol. The Morgan fingerprint density at radius 1 is 0.205 bits per heavy atom. The van der Waals surface area contributed by atoms with Crippen molar-refractivity contribution < 1.29 is 0 Å². The van der Waals surface area contributed by atoms with Crippen LogP contribution < -0.4 is 0 Å². The molecule has 0 bridgehead atoms. The zero-order valence-electron chi connectivity index (χ0n) is 45.0. The summed E-state index contributed by atoms with van der Waals surface area (Å²) in [5.74, 6) is -0.0729. The Bertz CT molecular complexity index is 5410. The number of aromatic nitrogens is 4. The van der Waals surface area contributed by atoms with Crippen molar-refractivity contribution >= 4 is 87.2 Å². The van der Waals surface area contributed by atoms with E-state index < -0.39 is 0 Å². The fraction of sp³-hybridized carbons (Fsp3) is 0.0127. The molecule has 0 aliphatic carbocycles. The fourth-order valence-corrected chi connectivity index (χ4v) is 15.0. The highest BCUT2D eigenvalue weighted by atomic mass is 15.1. The van der Waals surface area contributed by atoms with Gasteiger partial charge in [-0.3, -0.25) is 0 Å². The lowest BCUT2D eigenvalue weighted by Gasteiger charge is -2.37. The van der Waals surface area contributed by atoms with E-state index in [1.165, 1.54) is 138 Å². The first-order valence-corrected chi connectivity index (χ1v) is 28.9. The van der Waals surface area contributed by atoms with Gasteiger partial charge in [-0.15, -0.1) is 0 Å². The molecule has 83 heavy (non-hydrogen) atoms. The Kier molecular flexibility index (Phi) is 9.08. The number of fused-ring (bicyclic) bond motifs is 16. The fourth-order valence-electron chi connectivity index (χ4n) is 15.0. The zero-order chi connectivity index (χ0) is 54.0. The highest BCUT2D eigenvalue weighted by molar-refractivity contribution is 6.19. The second-order valence-corrected chi connectivity index (χ2v) is 22.7. The van der Waals surface area contributed by atoms with E-state index >= 15 is 0 Å². The molecule has 4 aromatic heterocycles. The first-order valence-electron chi connectivity index (χ1n) is 28.9. The summed E-state index contributed by atoms with van der Waals surface area (Å²) < 4.78 is 10.6. The Labute approximate surface area is 477 Å². The normalized spacial score (nSPS) is 13.4. The average Bonchev–Trinajstić information content (AvgIpc) is 2.24. The van der Waals surface area contributed by atoms with Crippen molar-refractivity contribution in [2.75, 3.05) is 0 Å². The molecule has 19 rings (SSSR count). The molecule has 0 N–H and O–H groups in total. The smallest absolute Gasteiger partial charge is 0.0951 e. The molecule has 0 saturated heterocycles. The highest BCUT2D eigenvalue weighted by Crippen LogP contribution is 2.58. The van der Waals surface area contributed by atoms with Gasteiger partial charge in [0.2, 0.25) is 0 Å². The summed E-state index contributed by atoms with van der Waals surface area (Å²) in [6.07, 6.45) is 0. The van der Waals surface area contributed by atoms with Gasteiger partial charge >= 0.3 is 0 Å². The first-order chi connectivity index (χ1) is 41.2. The number of nitrogens with zero attached hydrogens (tertiary/aromatic N) is 4. The molecule has 0 saturated carbocycles. The summed E-state index contributed by atoms with van der Waals surface area (Å²) in [5, 5.41) is 9.86. The van der Waals surface area contributed by atoms with E-state index in [1.54, 1.807) is 0 Å². The van der Waals surface area contributed by atoms with Crippen LogP contribution in [0.15, 0.2) is 285 Å². The molecule has 0 amide bonds. The van der Waals surface area contributed by atoms with Crippen molar-refractivity contribution in [2.24, 2.45) is 0 Å². The maximum absolute atomic E-state index is 2.67. The quantitative estimate of drug-likeness (QED) is 0.158. The van der Waals surface area contributed by atoms with Gasteiger partial charge in [-0.25, -0.2) is 0 Å². The van der Waals surface area contributed by atoms with Gasteiger partial charge in [0.1, 0.15) is 0 Å². The van der Waals surface area contributed by atoms with Gasteiger partial charge in [0.25, 0.3) is 0 Å². The molecule has 4 heteroatoms. The van der Waals surface area contributed by atoms with Crippen molar-refractivity contribution in [3.8, 4) is 67.3 Å². The summed E-state index contributed by atoms with van der Waals surface area (Å²) in [4.78, 5) is 0. The monoisotopic (exact) mass is 1050 g/mol. The topological polar surface area (TPSA) is 19.7 Å². The van der Waals surface area contributed by atoms with E-state index in [9.17, 15) is 0 Å². The molecule has 13 aromatic carbocycles. The van der Waals surface area contributed by atoms with E-state index in [2.05, 4.69) is 303 Å². The van der Waals surface area contributed by atoms with Gasteiger partial charge in [0.05, 0.1) is 66.9 Å². The van der Waals surface area contributed by atoms with Crippen LogP contribution in [0.1, 0.15) is 22.6 Å². The van der Waals surface area contributed by atoms with Crippen LogP contribution in [-0.2, 0) is 0 Å². The SMILES string of the molecule is c1ccc(-c2ccc3c(c2)c2cc(-c4ccccc4)ccc2n3-c2cc3c4c(c2-n2c5ccc(-c6ccccc6)cc5c5cc(-c6ccccc6)ccc52)-n2c5ccccc5c5cccc(c52)C4c2cccc4c5ccccc5n-3c24)cc1. The van der Waals surface area contributed by atoms with E-state index in [4.69, 9.17) is 0 Å². The molecule has 1 atom stereocenters. The third-order valence-corrected chi connectivity index (χ3v) is 18.5. The van der Waals surface area contributed by atoms with Crippen molar-refractivity contribution in [1.29, 1.82) is 0 Å². The minimum Gasteiger partial charge on any atom is -0.308 e. The Morgan fingerprint density at radius 2 is 0.554 bits per heavy atom. The first kappa shape index (κ1) is 44.9.